The van der Waals surface area contributed by atoms with Gasteiger partial charge in [0.1, 0.15) is 5.75 Å². The van der Waals surface area contributed by atoms with Crippen LogP contribution in [0.1, 0.15) is 12.0 Å². The van der Waals surface area contributed by atoms with E-state index < -0.39 is 6.10 Å². The van der Waals surface area contributed by atoms with Crippen molar-refractivity contribution in [1.29, 1.82) is 0 Å². The van der Waals surface area contributed by atoms with Gasteiger partial charge in [0.25, 0.3) is 5.91 Å². The van der Waals surface area contributed by atoms with E-state index in [4.69, 9.17) is 9.57 Å². The van der Waals surface area contributed by atoms with Crippen LogP contribution in [-0.4, -0.2) is 24.8 Å². The maximum atomic E-state index is 12.3. The molecule has 1 aliphatic heterocycles. The van der Waals surface area contributed by atoms with Gasteiger partial charge < -0.3 is 14.9 Å². The summed E-state index contributed by atoms with van der Waals surface area (Å²) >= 11 is 0. The minimum absolute atomic E-state index is 0.237. The number of nitrogens with zero attached hydrogens (tertiary/aromatic N) is 1. The van der Waals surface area contributed by atoms with Gasteiger partial charge in [-0.05, 0) is 17.7 Å². The summed E-state index contributed by atoms with van der Waals surface area (Å²) in [4.78, 5) is 17.6. The third-order valence-corrected chi connectivity index (χ3v) is 3.43. The number of carbonyl (C=O) groups is 1. The molecule has 0 saturated heterocycles. The van der Waals surface area contributed by atoms with Crippen LogP contribution in [0.15, 0.2) is 59.8 Å². The molecule has 1 atom stereocenters. The lowest BCUT2D eigenvalue weighted by Crippen LogP contribution is -2.28. The van der Waals surface area contributed by atoms with Crippen LogP contribution in [0.4, 0.5) is 5.69 Å². The van der Waals surface area contributed by atoms with Crippen LogP contribution in [0.3, 0.4) is 0 Å². The first-order valence-corrected chi connectivity index (χ1v) is 7.00. The summed E-state index contributed by atoms with van der Waals surface area (Å²) in [5.41, 5.74) is 2.36. The summed E-state index contributed by atoms with van der Waals surface area (Å²) in [5, 5.41) is 6.83. The fraction of sp³-hybridized carbons (Fsp3) is 0.176. The quantitative estimate of drug-likeness (QED) is 0.943. The number of para-hydroxylation sites is 2. The molecule has 1 N–H and O–H groups in total. The van der Waals surface area contributed by atoms with Gasteiger partial charge in [-0.3, -0.25) is 4.79 Å². The second kappa shape index (κ2) is 6.30. The number of ether oxygens (including phenoxy) is 1. The van der Waals surface area contributed by atoms with Crippen molar-refractivity contribution < 1.29 is 14.4 Å². The van der Waals surface area contributed by atoms with Crippen molar-refractivity contribution in [3.05, 3.63) is 60.2 Å². The van der Waals surface area contributed by atoms with Crippen molar-refractivity contribution >= 4 is 17.3 Å². The van der Waals surface area contributed by atoms with Crippen LogP contribution in [0.25, 0.3) is 0 Å². The molecule has 1 heterocycles. The Kier molecular flexibility index (Phi) is 4.05. The molecule has 2 aromatic carbocycles. The molecule has 0 bridgehead atoms. The average Bonchev–Trinajstić information content (AvgIpc) is 3.06. The number of nitrogens with one attached hydrogen (secondary N) is 1. The van der Waals surface area contributed by atoms with E-state index >= 15 is 0 Å². The molecule has 0 radical (unpaired) electrons. The van der Waals surface area contributed by atoms with Crippen molar-refractivity contribution in [2.75, 3.05) is 12.4 Å². The summed E-state index contributed by atoms with van der Waals surface area (Å²) in [6.07, 6.45) is -0.175. The molecule has 1 amide bonds. The Morgan fingerprint density at radius 3 is 2.68 bits per heavy atom. The monoisotopic (exact) mass is 296 g/mol. The normalized spacial score (nSPS) is 16.6. The van der Waals surface area contributed by atoms with Crippen molar-refractivity contribution in [2.24, 2.45) is 5.16 Å². The SMILES string of the molecule is COc1ccccc1NC(=O)[C@H]1CC(c2ccccc2)=NO1. The predicted octanol–water partition coefficient (Wildman–Crippen LogP) is 2.83. The van der Waals surface area contributed by atoms with Gasteiger partial charge in [0.15, 0.2) is 0 Å². The Balaban J connectivity index is 1.66. The number of carbonyl (C=O) groups excluding carboxylic acids is 1. The molecule has 0 saturated carbocycles. The molecule has 2 aromatic rings. The predicted molar refractivity (Wildman–Crippen MR) is 84.1 cm³/mol. The van der Waals surface area contributed by atoms with Gasteiger partial charge in [-0.25, -0.2) is 0 Å². The smallest absolute Gasteiger partial charge is 0.268 e. The molecule has 5 heteroatoms. The highest BCUT2D eigenvalue weighted by atomic mass is 16.6. The van der Waals surface area contributed by atoms with Crippen molar-refractivity contribution in [2.45, 2.75) is 12.5 Å². The van der Waals surface area contributed by atoms with E-state index in [-0.39, 0.29) is 5.91 Å². The topological polar surface area (TPSA) is 59.9 Å². The highest BCUT2D eigenvalue weighted by Crippen LogP contribution is 2.24. The number of oxime groups is 1. The Labute approximate surface area is 128 Å². The summed E-state index contributed by atoms with van der Waals surface area (Å²) in [6, 6.07) is 16.9. The molecule has 0 spiro atoms. The highest BCUT2D eigenvalue weighted by molar-refractivity contribution is 6.06. The lowest BCUT2D eigenvalue weighted by molar-refractivity contribution is -0.125. The van der Waals surface area contributed by atoms with Gasteiger partial charge in [0.2, 0.25) is 6.10 Å². The van der Waals surface area contributed by atoms with E-state index in [9.17, 15) is 4.79 Å². The number of benzene rings is 2. The van der Waals surface area contributed by atoms with E-state index in [0.29, 0.717) is 17.9 Å². The third kappa shape index (κ3) is 2.93. The zero-order valence-corrected chi connectivity index (χ0v) is 12.2. The minimum atomic E-state index is -0.625. The van der Waals surface area contributed by atoms with Crippen molar-refractivity contribution in [3.63, 3.8) is 0 Å². The summed E-state index contributed by atoms with van der Waals surface area (Å²) < 4.78 is 5.22. The van der Waals surface area contributed by atoms with Crippen LogP contribution in [0, 0.1) is 0 Å². The van der Waals surface area contributed by atoms with E-state index in [0.717, 1.165) is 11.3 Å². The zero-order valence-electron chi connectivity index (χ0n) is 12.2. The zero-order chi connectivity index (χ0) is 15.4. The van der Waals surface area contributed by atoms with Gasteiger partial charge in [-0.1, -0.05) is 47.6 Å². The van der Waals surface area contributed by atoms with E-state index in [1.54, 1.807) is 19.2 Å². The van der Waals surface area contributed by atoms with Crippen LogP contribution >= 0.6 is 0 Å². The Hall–Kier alpha value is -2.82. The number of hydrogen-bond donors (Lipinski definition) is 1. The first kappa shape index (κ1) is 14.1. The van der Waals surface area contributed by atoms with Crippen LogP contribution in [0.2, 0.25) is 0 Å². The van der Waals surface area contributed by atoms with Crippen LogP contribution in [-0.2, 0) is 9.63 Å². The summed E-state index contributed by atoms with van der Waals surface area (Å²) in [7, 11) is 1.56. The Morgan fingerprint density at radius 2 is 1.91 bits per heavy atom. The second-order valence-electron chi connectivity index (χ2n) is 4.89. The number of amides is 1. The average molecular weight is 296 g/mol. The molecule has 5 nitrogen and oxygen atoms in total. The van der Waals surface area contributed by atoms with Gasteiger partial charge in [0, 0.05) is 6.42 Å². The second-order valence-corrected chi connectivity index (χ2v) is 4.89. The molecule has 3 rings (SSSR count). The molecule has 0 aliphatic carbocycles. The first-order chi connectivity index (χ1) is 10.8. The van der Waals surface area contributed by atoms with E-state index in [1.807, 2.05) is 42.5 Å². The molecular weight excluding hydrogens is 280 g/mol. The molecule has 0 aromatic heterocycles. The molecule has 0 unspecified atom stereocenters. The minimum Gasteiger partial charge on any atom is -0.495 e. The molecule has 22 heavy (non-hydrogen) atoms. The van der Waals surface area contributed by atoms with E-state index in [1.165, 1.54) is 0 Å². The number of hydrogen-bond acceptors (Lipinski definition) is 4. The summed E-state index contributed by atoms with van der Waals surface area (Å²) in [5.74, 6) is 0.372. The summed E-state index contributed by atoms with van der Waals surface area (Å²) in [6.45, 7) is 0. The number of rotatable bonds is 4. The third-order valence-electron chi connectivity index (χ3n) is 3.43. The lowest BCUT2D eigenvalue weighted by Gasteiger charge is -2.12. The molecule has 112 valence electrons. The van der Waals surface area contributed by atoms with Gasteiger partial charge in [-0.2, -0.15) is 0 Å². The van der Waals surface area contributed by atoms with Crippen LogP contribution in [0.5, 0.6) is 5.75 Å². The standard InChI is InChI=1S/C17H16N2O3/c1-21-15-10-6-5-9-13(15)18-17(20)16-11-14(19-22-16)12-7-3-2-4-8-12/h2-10,16H,11H2,1H3,(H,18,20)/t16-/m1/s1. The molecule has 1 aliphatic rings. The van der Waals surface area contributed by atoms with Gasteiger partial charge >= 0.3 is 0 Å². The van der Waals surface area contributed by atoms with E-state index in [2.05, 4.69) is 10.5 Å². The molecule has 0 fully saturated rings. The number of methoxy groups -OCH3 is 1. The Bertz CT molecular complexity index is 698. The first-order valence-electron chi connectivity index (χ1n) is 7.00. The van der Waals surface area contributed by atoms with Crippen molar-refractivity contribution in [3.8, 4) is 5.75 Å². The highest BCUT2D eigenvalue weighted by Gasteiger charge is 2.29. The lowest BCUT2D eigenvalue weighted by atomic mass is 10.0. The van der Waals surface area contributed by atoms with Crippen LogP contribution < -0.4 is 10.1 Å². The van der Waals surface area contributed by atoms with Crippen molar-refractivity contribution in [1.82, 2.24) is 0 Å². The van der Waals surface area contributed by atoms with Gasteiger partial charge in [0.05, 0.1) is 18.5 Å². The maximum absolute atomic E-state index is 12.3. The fourth-order valence-electron chi connectivity index (χ4n) is 2.28. The fourth-order valence-corrected chi connectivity index (χ4v) is 2.28. The number of anilines is 1. The van der Waals surface area contributed by atoms with Gasteiger partial charge in [-0.15, -0.1) is 0 Å². The largest absolute Gasteiger partial charge is 0.495 e. The Morgan fingerprint density at radius 1 is 1.18 bits per heavy atom. The maximum Gasteiger partial charge on any atom is 0.268 e. The molecular formula is C17H16N2O3.